The number of hydrogen-bond donors (Lipinski definition) is 2. The molecule has 0 aliphatic carbocycles. The third kappa shape index (κ3) is 6.05. The first-order chi connectivity index (χ1) is 14.7. The molecule has 0 aliphatic heterocycles. The average Bonchev–Trinajstić information content (AvgIpc) is 3.07. The van der Waals surface area contributed by atoms with Crippen molar-refractivity contribution in [3.05, 3.63) is 60.3 Å². The van der Waals surface area contributed by atoms with Crippen LogP contribution in [0.2, 0.25) is 0 Å². The first kappa shape index (κ1) is 24.8. The van der Waals surface area contributed by atoms with Gasteiger partial charge in [0.15, 0.2) is 11.2 Å². The van der Waals surface area contributed by atoms with E-state index in [2.05, 4.69) is 31.1 Å². The molecule has 0 spiro atoms. The van der Waals surface area contributed by atoms with Gasteiger partial charge in [-0.3, -0.25) is 4.79 Å². The van der Waals surface area contributed by atoms with Gasteiger partial charge < -0.3 is 15.2 Å². The van der Waals surface area contributed by atoms with Crippen molar-refractivity contribution in [1.29, 1.82) is 0 Å². The number of imidazole rings is 1. The van der Waals surface area contributed by atoms with Crippen LogP contribution in [0.25, 0.3) is 16.8 Å². The van der Waals surface area contributed by atoms with Gasteiger partial charge in [0.1, 0.15) is 11.8 Å². The van der Waals surface area contributed by atoms with Crippen LogP contribution >= 0.6 is 0 Å². The van der Waals surface area contributed by atoms with E-state index < -0.39 is 12.1 Å². The number of pyridine rings is 1. The van der Waals surface area contributed by atoms with Crippen molar-refractivity contribution in [2.45, 2.75) is 39.9 Å². The third-order valence-corrected chi connectivity index (χ3v) is 4.83. The zero-order valence-corrected chi connectivity index (χ0v) is 17.9. The van der Waals surface area contributed by atoms with E-state index in [1.54, 1.807) is 12.1 Å². The molecule has 0 fully saturated rings. The Kier molecular flexibility index (Phi) is 7.27. The highest BCUT2D eigenvalue weighted by Gasteiger charge is 2.30. The molecule has 10 heteroatoms. The molecule has 2 heterocycles. The Bertz CT molecular complexity index is 1100. The maximum absolute atomic E-state index is 13.2. The number of H-pyrrole nitrogens is 1. The Morgan fingerprint density at radius 2 is 1.62 bits per heavy atom. The molecule has 3 aromatic rings. The molecule has 1 amide bonds. The molecule has 6 nitrogen and oxygen atoms in total. The summed E-state index contributed by atoms with van der Waals surface area (Å²) in [5, 5.41) is 11.8. The molecule has 32 heavy (non-hydrogen) atoms. The second-order valence-corrected chi connectivity index (χ2v) is 8.16. The lowest BCUT2D eigenvalue weighted by Gasteiger charge is -2.27. The first-order valence-corrected chi connectivity index (χ1v) is 9.59. The number of nitrogens with one attached hydrogen (secondary N) is 2. The van der Waals surface area contributed by atoms with E-state index in [-0.39, 0.29) is 23.2 Å². The largest absolute Gasteiger partial charge is 0.542 e. The highest BCUT2D eigenvalue weighted by molar-refractivity contribution is 5.91. The Morgan fingerprint density at radius 3 is 2.12 bits per heavy atom. The molecule has 0 aliphatic rings. The van der Waals surface area contributed by atoms with Crippen LogP contribution in [0.5, 0.6) is 0 Å². The Morgan fingerprint density at radius 1 is 1.06 bits per heavy atom. The van der Waals surface area contributed by atoms with Crippen molar-refractivity contribution >= 4 is 17.4 Å². The SMILES string of the molecule is C[C@@H](NC(=O)c1[nH]c(-c2ccc(F)cc2)c2cccc[n+]12)C(C)(C)C.O=C([O-])C(F)(F)F. The summed E-state index contributed by atoms with van der Waals surface area (Å²) >= 11 is 0. The monoisotopic (exact) mass is 453 g/mol. The van der Waals surface area contributed by atoms with E-state index in [0.717, 1.165) is 16.8 Å². The van der Waals surface area contributed by atoms with Gasteiger partial charge in [0, 0.05) is 11.6 Å². The minimum atomic E-state index is -5.19. The Balaban J connectivity index is 0.000000451. The van der Waals surface area contributed by atoms with Crippen LogP contribution in [0, 0.1) is 11.2 Å². The fourth-order valence-electron chi connectivity index (χ4n) is 2.57. The molecule has 2 N–H and O–H groups in total. The van der Waals surface area contributed by atoms with Gasteiger partial charge in [0.2, 0.25) is 0 Å². The minimum absolute atomic E-state index is 0.0110. The van der Waals surface area contributed by atoms with Crippen LogP contribution in [0.4, 0.5) is 17.6 Å². The Hall–Kier alpha value is -3.43. The van der Waals surface area contributed by atoms with Crippen molar-refractivity contribution in [3.63, 3.8) is 0 Å². The molecular formula is C22H23F4N3O3. The predicted octanol–water partition coefficient (Wildman–Crippen LogP) is 3.02. The molecule has 2 aromatic heterocycles. The number of amides is 1. The van der Waals surface area contributed by atoms with Crippen molar-refractivity contribution < 1.29 is 36.7 Å². The van der Waals surface area contributed by atoms with E-state index in [0.29, 0.717) is 5.82 Å². The number of hydrogen-bond acceptors (Lipinski definition) is 3. The van der Waals surface area contributed by atoms with Gasteiger partial charge in [0.25, 0.3) is 0 Å². The van der Waals surface area contributed by atoms with Crippen LogP contribution < -0.4 is 14.8 Å². The summed E-state index contributed by atoms with van der Waals surface area (Å²) in [4.78, 5) is 24.8. The number of carboxylic acid groups (broad SMARTS) is 1. The van der Waals surface area contributed by atoms with Crippen molar-refractivity contribution in [2.75, 3.05) is 0 Å². The van der Waals surface area contributed by atoms with Crippen LogP contribution in [-0.2, 0) is 4.79 Å². The molecule has 0 saturated carbocycles. The average molecular weight is 453 g/mol. The second kappa shape index (κ2) is 9.37. The van der Waals surface area contributed by atoms with E-state index >= 15 is 0 Å². The first-order valence-electron chi connectivity index (χ1n) is 9.59. The van der Waals surface area contributed by atoms with Gasteiger partial charge in [-0.05, 0) is 48.7 Å². The molecular weight excluding hydrogens is 430 g/mol. The number of aliphatic carboxylic acids is 1. The molecule has 0 unspecified atom stereocenters. The fourth-order valence-corrected chi connectivity index (χ4v) is 2.57. The normalized spacial score (nSPS) is 12.6. The summed E-state index contributed by atoms with van der Waals surface area (Å²) in [6.45, 7) is 8.25. The molecule has 0 bridgehead atoms. The van der Waals surface area contributed by atoms with Crippen LogP contribution in [0.1, 0.15) is 38.3 Å². The van der Waals surface area contributed by atoms with Gasteiger partial charge >= 0.3 is 17.9 Å². The number of halogens is 4. The van der Waals surface area contributed by atoms with Crippen molar-refractivity contribution in [3.8, 4) is 11.3 Å². The molecule has 1 atom stereocenters. The maximum Gasteiger partial charge on any atom is 0.430 e. The lowest BCUT2D eigenvalue weighted by atomic mass is 9.88. The zero-order chi connectivity index (χ0) is 24.3. The van der Waals surface area contributed by atoms with Crippen molar-refractivity contribution in [1.82, 2.24) is 10.3 Å². The third-order valence-electron chi connectivity index (χ3n) is 4.83. The number of aromatic amines is 1. The lowest BCUT2D eigenvalue weighted by Crippen LogP contribution is -2.44. The predicted molar refractivity (Wildman–Crippen MR) is 107 cm³/mol. The molecule has 172 valence electrons. The van der Waals surface area contributed by atoms with Crippen LogP contribution in [0.15, 0.2) is 48.7 Å². The van der Waals surface area contributed by atoms with Crippen LogP contribution in [0.3, 0.4) is 0 Å². The van der Waals surface area contributed by atoms with Gasteiger partial charge in [-0.1, -0.05) is 26.8 Å². The fraction of sp³-hybridized carbons (Fsp3) is 0.318. The van der Waals surface area contributed by atoms with E-state index in [9.17, 15) is 22.4 Å². The summed E-state index contributed by atoms with van der Waals surface area (Å²) in [6.07, 6.45) is -3.35. The number of carbonyl (C=O) groups is 2. The second-order valence-electron chi connectivity index (χ2n) is 8.16. The summed E-state index contributed by atoms with van der Waals surface area (Å²) in [5.41, 5.74) is 2.44. The van der Waals surface area contributed by atoms with Gasteiger partial charge in [0.05, 0.1) is 6.20 Å². The number of aromatic nitrogens is 2. The quantitative estimate of drug-likeness (QED) is 0.472. The zero-order valence-electron chi connectivity index (χ0n) is 17.9. The highest BCUT2D eigenvalue weighted by atomic mass is 19.4. The number of nitrogens with zero attached hydrogens (tertiary/aromatic N) is 1. The number of benzene rings is 1. The van der Waals surface area contributed by atoms with Gasteiger partial charge in [-0.25, -0.2) is 9.37 Å². The van der Waals surface area contributed by atoms with Gasteiger partial charge in [-0.15, -0.1) is 0 Å². The standard InChI is InChI=1S/C20H22FN3O.C2HF3O2/c1-13(20(2,3)4)22-19(25)18-23-17(14-8-10-15(21)11-9-14)16-7-5-6-12-24(16)18;3-2(4,5)1(6)7/h5-13H,1-4H3,(H,22,25);(H,6,7)/t13-;/m1./s1. The molecule has 1 aromatic carbocycles. The lowest BCUT2D eigenvalue weighted by molar-refractivity contribution is -0.514. The summed E-state index contributed by atoms with van der Waals surface area (Å²) < 4.78 is 46.6. The molecule has 0 saturated heterocycles. The topological polar surface area (TPSA) is 89.1 Å². The van der Waals surface area contributed by atoms with E-state index in [4.69, 9.17) is 9.90 Å². The number of carboxylic acids is 1. The smallest absolute Gasteiger partial charge is 0.430 e. The van der Waals surface area contributed by atoms with Crippen molar-refractivity contribution in [2.24, 2.45) is 5.41 Å². The highest BCUT2D eigenvalue weighted by Crippen LogP contribution is 2.23. The summed E-state index contributed by atoms with van der Waals surface area (Å²) in [5.74, 6) is -3.01. The molecule has 3 rings (SSSR count). The summed E-state index contributed by atoms with van der Waals surface area (Å²) in [7, 11) is 0. The number of rotatable bonds is 3. The maximum atomic E-state index is 13.2. The number of carbonyl (C=O) groups excluding carboxylic acids is 2. The minimum Gasteiger partial charge on any atom is -0.542 e. The number of fused-ring (bicyclic) bond motifs is 1. The van der Waals surface area contributed by atoms with Crippen LogP contribution in [-0.4, -0.2) is 29.1 Å². The summed E-state index contributed by atoms with van der Waals surface area (Å²) in [6, 6.07) is 12.0. The van der Waals surface area contributed by atoms with Gasteiger partial charge in [-0.2, -0.15) is 17.6 Å². The Labute approximate surface area is 181 Å². The van der Waals surface area contributed by atoms with E-state index in [1.165, 1.54) is 12.1 Å². The molecule has 0 radical (unpaired) electrons. The number of alkyl halides is 3. The van der Waals surface area contributed by atoms with E-state index in [1.807, 2.05) is 35.7 Å².